The summed E-state index contributed by atoms with van der Waals surface area (Å²) in [4.78, 5) is 35.2. The third-order valence-corrected chi connectivity index (χ3v) is 2.30. The number of carboxylic acid groups (broad SMARTS) is 1. The second-order valence-electron chi connectivity index (χ2n) is 4.98. The summed E-state index contributed by atoms with van der Waals surface area (Å²) < 4.78 is 5.08. The Bertz CT molecular complexity index is 344. The van der Waals surface area contributed by atoms with Crippen molar-refractivity contribution >= 4 is 17.8 Å². The topological polar surface area (TPSA) is 83.9 Å². The van der Waals surface area contributed by atoms with E-state index < -0.39 is 29.5 Å². The average Bonchev–Trinajstić information content (AvgIpc) is 2.13. The molecule has 1 heterocycles. The summed E-state index contributed by atoms with van der Waals surface area (Å²) in [5.41, 5.74) is -0.708. The molecule has 0 aromatic heterocycles. The Morgan fingerprint density at radius 3 is 2.47 bits per heavy atom. The molecule has 0 radical (unpaired) electrons. The number of aliphatic carboxylic acids is 1. The number of carbonyl (C=O) groups is 3. The lowest BCUT2D eigenvalue weighted by molar-refractivity contribution is -0.149. The molecule has 17 heavy (non-hydrogen) atoms. The zero-order valence-electron chi connectivity index (χ0n) is 10.2. The highest BCUT2D eigenvalue weighted by Crippen LogP contribution is 2.18. The molecule has 0 saturated carbocycles. The van der Waals surface area contributed by atoms with E-state index in [1.54, 1.807) is 20.8 Å². The number of rotatable bonds is 1. The summed E-state index contributed by atoms with van der Waals surface area (Å²) in [7, 11) is 0. The largest absolute Gasteiger partial charge is 0.479 e. The summed E-state index contributed by atoms with van der Waals surface area (Å²) in [5.74, 6) is -1.75. The zero-order chi connectivity index (χ0) is 13.2. The minimum atomic E-state index is -1.40. The number of carboxylic acids is 1. The first-order valence-electron chi connectivity index (χ1n) is 5.47. The number of piperidine rings is 1. The van der Waals surface area contributed by atoms with Gasteiger partial charge in [-0.05, 0) is 27.2 Å². The van der Waals surface area contributed by atoms with Crippen LogP contribution in [0.1, 0.15) is 33.6 Å². The van der Waals surface area contributed by atoms with E-state index in [4.69, 9.17) is 9.84 Å². The van der Waals surface area contributed by atoms with Crippen LogP contribution in [0.4, 0.5) is 4.79 Å². The fourth-order valence-corrected chi connectivity index (χ4v) is 1.65. The van der Waals surface area contributed by atoms with Gasteiger partial charge in [-0.15, -0.1) is 0 Å². The fourth-order valence-electron chi connectivity index (χ4n) is 1.65. The average molecular weight is 243 g/mol. The van der Waals surface area contributed by atoms with E-state index in [0.29, 0.717) is 6.42 Å². The number of ether oxygens (including phenoxy) is 1. The molecule has 6 nitrogen and oxygen atoms in total. The van der Waals surface area contributed by atoms with Crippen LogP contribution in [0, 0.1) is 0 Å². The molecule has 1 rings (SSSR count). The molecule has 6 heteroatoms. The van der Waals surface area contributed by atoms with E-state index in [9.17, 15) is 14.4 Å². The van der Waals surface area contributed by atoms with Gasteiger partial charge in [-0.3, -0.25) is 9.69 Å². The van der Waals surface area contributed by atoms with Crippen LogP contribution < -0.4 is 0 Å². The van der Waals surface area contributed by atoms with Crippen LogP contribution in [0.25, 0.3) is 0 Å². The molecule has 1 saturated heterocycles. The normalized spacial score (nSPS) is 21.2. The molecular formula is C11H17NO5. The van der Waals surface area contributed by atoms with Gasteiger partial charge in [0.2, 0.25) is 0 Å². The van der Waals surface area contributed by atoms with Crippen molar-refractivity contribution in [2.24, 2.45) is 0 Å². The van der Waals surface area contributed by atoms with Crippen molar-refractivity contribution in [3.05, 3.63) is 0 Å². The fraction of sp³-hybridized carbons (Fsp3) is 0.727. The molecule has 96 valence electrons. The van der Waals surface area contributed by atoms with Crippen LogP contribution in [0.5, 0.6) is 0 Å². The molecule has 1 atom stereocenters. The Morgan fingerprint density at radius 2 is 2.00 bits per heavy atom. The number of Topliss-reactive ketones (excluding diaryl/α,β-unsaturated/α-hetero) is 1. The Balaban J connectivity index is 2.83. The van der Waals surface area contributed by atoms with Crippen molar-refractivity contribution in [3.63, 3.8) is 0 Å². The first-order valence-corrected chi connectivity index (χ1v) is 5.47. The summed E-state index contributed by atoms with van der Waals surface area (Å²) in [6.07, 6.45) is -0.0871. The van der Waals surface area contributed by atoms with Gasteiger partial charge in [0.05, 0.1) is 0 Å². The number of carbonyl (C=O) groups excluding carboxylic acids is 2. The molecule has 1 fully saturated rings. The molecule has 1 unspecified atom stereocenters. The monoisotopic (exact) mass is 243 g/mol. The molecule has 0 spiro atoms. The first kappa shape index (κ1) is 13.5. The van der Waals surface area contributed by atoms with Gasteiger partial charge in [-0.1, -0.05) is 0 Å². The first-order chi connectivity index (χ1) is 7.72. The van der Waals surface area contributed by atoms with Crippen LogP contribution in [0.15, 0.2) is 0 Å². The van der Waals surface area contributed by atoms with Gasteiger partial charge in [0.15, 0.2) is 11.8 Å². The predicted octanol–water partition coefficient (Wildman–Crippen LogP) is 1.04. The summed E-state index contributed by atoms with van der Waals surface area (Å²) in [6, 6.07) is -1.40. The van der Waals surface area contributed by atoms with Gasteiger partial charge in [-0.25, -0.2) is 9.59 Å². The molecule has 1 N–H and O–H groups in total. The predicted molar refractivity (Wildman–Crippen MR) is 58.6 cm³/mol. The third-order valence-electron chi connectivity index (χ3n) is 2.30. The molecule has 0 aromatic carbocycles. The van der Waals surface area contributed by atoms with Crippen molar-refractivity contribution in [2.75, 3.05) is 6.54 Å². The van der Waals surface area contributed by atoms with Crippen molar-refractivity contribution in [1.29, 1.82) is 0 Å². The maximum Gasteiger partial charge on any atom is 0.411 e. The Labute approximate surface area is 99.5 Å². The van der Waals surface area contributed by atoms with Gasteiger partial charge in [0.25, 0.3) is 0 Å². The molecule has 0 bridgehead atoms. The van der Waals surface area contributed by atoms with Gasteiger partial charge >= 0.3 is 12.1 Å². The molecule has 1 aliphatic heterocycles. The van der Waals surface area contributed by atoms with Crippen molar-refractivity contribution in [2.45, 2.75) is 45.3 Å². The van der Waals surface area contributed by atoms with Crippen LogP contribution in [0.3, 0.4) is 0 Å². The number of hydrogen-bond acceptors (Lipinski definition) is 4. The molecule has 0 aliphatic carbocycles. The highest BCUT2D eigenvalue weighted by molar-refractivity contribution is 6.05. The molecule has 0 aromatic rings. The van der Waals surface area contributed by atoms with Gasteiger partial charge in [0.1, 0.15) is 5.60 Å². The van der Waals surface area contributed by atoms with E-state index in [1.165, 1.54) is 0 Å². The molecular weight excluding hydrogens is 226 g/mol. The van der Waals surface area contributed by atoms with E-state index in [2.05, 4.69) is 0 Å². The summed E-state index contributed by atoms with van der Waals surface area (Å²) in [5, 5.41) is 8.96. The van der Waals surface area contributed by atoms with Crippen molar-refractivity contribution in [1.82, 2.24) is 4.90 Å². The Hall–Kier alpha value is -1.59. The van der Waals surface area contributed by atoms with Crippen molar-refractivity contribution in [3.8, 4) is 0 Å². The zero-order valence-corrected chi connectivity index (χ0v) is 10.2. The quantitative estimate of drug-likeness (QED) is 0.695. The SMILES string of the molecule is CC(C)(C)OC(=O)N1CCCC(=O)C1C(=O)O. The van der Waals surface area contributed by atoms with Crippen LogP contribution in [-0.2, 0) is 14.3 Å². The molecule has 1 aliphatic rings. The Morgan fingerprint density at radius 1 is 1.41 bits per heavy atom. The van der Waals surface area contributed by atoms with E-state index in [1.807, 2.05) is 0 Å². The van der Waals surface area contributed by atoms with Crippen LogP contribution in [-0.4, -0.2) is 46.0 Å². The summed E-state index contributed by atoms with van der Waals surface area (Å²) >= 11 is 0. The number of amides is 1. The minimum Gasteiger partial charge on any atom is -0.479 e. The summed E-state index contributed by atoms with van der Waals surface area (Å²) in [6.45, 7) is 5.29. The maximum atomic E-state index is 11.8. The lowest BCUT2D eigenvalue weighted by atomic mass is 10.0. The lowest BCUT2D eigenvalue weighted by Gasteiger charge is -2.33. The van der Waals surface area contributed by atoms with E-state index >= 15 is 0 Å². The highest BCUT2D eigenvalue weighted by atomic mass is 16.6. The molecule has 1 amide bonds. The van der Waals surface area contributed by atoms with Crippen molar-refractivity contribution < 1.29 is 24.2 Å². The lowest BCUT2D eigenvalue weighted by Crippen LogP contribution is -2.54. The van der Waals surface area contributed by atoms with Crippen LogP contribution >= 0.6 is 0 Å². The second kappa shape index (κ2) is 4.73. The van der Waals surface area contributed by atoms with E-state index in [-0.39, 0.29) is 13.0 Å². The second-order valence-corrected chi connectivity index (χ2v) is 4.98. The number of hydrogen-bond donors (Lipinski definition) is 1. The maximum absolute atomic E-state index is 11.8. The third kappa shape index (κ3) is 3.44. The van der Waals surface area contributed by atoms with E-state index in [0.717, 1.165) is 4.90 Å². The Kier molecular flexibility index (Phi) is 3.75. The van der Waals surface area contributed by atoms with Gasteiger partial charge < -0.3 is 9.84 Å². The van der Waals surface area contributed by atoms with Gasteiger partial charge in [-0.2, -0.15) is 0 Å². The standard InChI is InChI=1S/C11H17NO5/c1-11(2,3)17-10(16)12-6-4-5-7(13)8(12)9(14)15/h8H,4-6H2,1-3H3,(H,14,15). The number of nitrogens with zero attached hydrogens (tertiary/aromatic N) is 1. The minimum absolute atomic E-state index is 0.191. The van der Waals surface area contributed by atoms with Gasteiger partial charge in [0, 0.05) is 13.0 Å². The number of ketones is 1. The van der Waals surface area contributed by atoms with Crippen LogP contribution in [0.2, 0.25) is 0 Å². The smallest absolute Gasteiger partial charge is 0.411 e. The number of likely N-dealkylation sites (tertiary alicyclic amines) is 1. The highest BCUT2D eigenvalue weighted by Gasteiger charge is 2.40.